The molecule has 2 aliphatic rings. The average Bonchev–Trinajstić information content (AvgIpc) is 3.25. The monoisotopic (exact) mass is 344 g/mol. The SMILES string of the molecule is CO[C@@H]1CN(C(=O)C(F)(F)C2(O)CCCC2)C[C@H]1c1cn(C)nn1. The number of hydrogen-bond acceptors (Lipinski definition) is 5. The van der Waals surface area contributed by atoms with Gasteiger partial charge in [0.05, 0.1) is 17.7 Å². The summed E-state index contributed by atoms with van der Waals surface area (Å²) in [4.78, 5) is 13.5. The molecule has 1 saturated heterocycles. The van der Waals surface area contributed by atoms with Gasteiger partial charge in [0.2, 0.25) is 0 Å². The summed E-state index contributed by atoms with van der Waals surface area (Å²) in [6, 6.07) is 0. The number of methoxy groups -OCH3 is 1. The van der Waals surface area contributed by atoms with Crippen molar-refractivity contribution in [2.24, 2.45) is 7.05 Å². The van der Waals surface area contributed by atoms with Gasteiger partial charge in [-0.15, -0.1) is 5.10 Å². The van der Waals surface area contributed by atoms with E-state index in [0.29, 0.717) is 18.5 Å². The van der Waals surface area contributed by atoms with Crippen LogP contribution in [0.5, 0.6) is 0 Å². The Morgan fingerprint density at radius 3 is 2.62 bits per heavy atom. The molecule has 0 aromatic carbocycles. The summed E-state index contributed by atoms with van der Waals surface area (Å²) in [7, 11) is 3.19. The van der Waals surface area contributed by atoms with Gasteiger partial charge in [-0.3, -0.25) is 9.48 Å². The molecule has 134 valence electrons. The second-order valence-corrected chi connectivity index (χ2v) is 6.72. The number of rotatable bonds is 4. The van der Waals surface area contributed by atoms with Crippen LogP contribution in [-0.4, -0.2) is 68.7 Å². The largest absolute Gasteiger partial charge is 0.383 e. The fourth-order valence-corrected chi connectivity index (χ4v) is 3.67. The zero-order valence-electron chi connectivity index (χ0n) is 13.8. The number of aliphatic hydroxyl groups is 1. The number of nitrogens with zero attached hydrogens (tertiary/aromatic N) is 4. The molecule has 2 fully saturated rings. The Labute approximate surface area is 138 Å². The van der Waals surface area contributed by atoms with E-state index in [1.54, 1.807) is 13.2 Å². The lowest BCUT2D eigenvalue weighted by Crippen LogP contribution is -2.56. The molecule has 2 atom stereocenters. The first-order valence-corrected chi connectivity index (χ1v) is 8.07. The Hall–Kier alpha value is -1.61. The molecule has 24 heavy (non-hydrogen) atoms. The van der Waals surface area contributed by atoms with Crippen LogP contribution in [0.15, 0.2) is 6.20 Å². The Bertz CT molecular complexity index is 616. The smallest absolute Gasteiger partial charge is 0.352 e. The average molecular weight is 344 g/mol. The van der Waals surface area contributed by atoms with Gasteiger partial charge in [0, 0.05) is 33.4 Å². The predicted molar refractivity (Wildman–Crippen MR) is 79.5 cm³/mol. The number of ether oxygens (including phenoxy) is 1. The summed E-state index contributed by atoms with van der Waals surface area (Å²) in [6.45, 7) is 0.115. The molecule has 7 nitrogen and oxygen atoms in total. The van der Waals surface area contributed by atoms with Crippen LogP contribution in [0.2, 0.25) is 0 Å². The number of alkyl halides is 2. The second kappa shape index (κ2) is 6.03. The van der Waals surface area contributed by atoms with Crippen LogP contribution < -0.4 is 0 Å². The van der Waals surface area contributed by atoms with Crippen molar-refractivity contribution in [3.8, 4) is 0 Å². The minimum absolute atomic E-state index is 0.0439. The van der Waals surface area contributed by atoms with Crippen molar-refractivity contribution in [2.45, 2.75) is 49.2 Å². The number of aromatic nitrogens is 3. The van der Waals surface area contributed by atoms with Gasteiger partial charge in [-0.2, -0.15) is 8.78 Å². The van der Waals surface area contributed by atoms with E-state index in [0.717, 1.165) is 4.90 Å². The van der Waals surface area contributed by atoms with Crippen molar-refractivity contribution < 1.29 is 23.4 Å². The summed E-state index contributed by atoms with van der Waals surface area (Å²) in [6.07, 6.45) is 2.15. The van der Waals surface area contributed by atoms with Gasteiger partial charge in [-0.25, -0.2) is 0 Å². The van der Waals surface area contributed by atoms with Crippen LogP contribution in [-0.2, 0) is 16.6 Å². The summed E-state index contributed by atoms with van der Waals surface area (Å²) >= 11 is 0. The van der Waals surface area contributed by atoms with Gasteiger partial charge >= 0.3 is 5.92 Å². The van der Waals surface area contributed by atoms with E-state index in [2.05, 4.69) is 10.3 Å². The second-order valence-electron chi connectivity index (χ2n) is 6.72. The van der Waals surface area contributed by atoms with E-state index in [9.17, 15) is 18.7 Å². The van der Waals surface area contributed by atoms with E-state index in [1.807, 2.05) is 0 Å². The molecular formula is C15H22F2N4O3. The third-order valence-corrected chi connectivity index (χ3v) is 5.14. The highest BCUT2D eigenvalue weighted by atomic mass is 19.3. The van der Waals surface area contributed by atoms with Gasteiger partial charge < -0.3 is 14.7 Å². The third kappa shape index (κ3) is 2.69. The molecule has 1 aliphatic carbocycles. The number of carbonyl (C=O) groups excluding carboxylic acids is 1. The van der Waals surface area contributed by atoms with Gasteiger partial charge in [0.25, 0.3) is 5.91 Å². The number of carbonyl (C=O) groups is 1. The van der Waals surface area contributed by atoms with Crippen LogP contribution in [0, 0.1) is 0 Å². The normalized spacial score (nSPS) is 27.0. The third-order valence-electron chi connectivity index (χ3n) is 5.14. The first kappa shape index (κ1) is 17.2. The van der Waals surface area contributed by atoms with Crippen molar-refractivity contribution in [2.75, 3.05) is 20.2 Å². The molecule has 1 N–H and O–H groups in total. The lowest BCUT2D eigenvalue weighted by atomic mass is 9.92. The van der Waals surface area contributed by atoms with Crippen LogP contribution >= 0.6 is 0 Å². The Balaban J connectivity index is 1.79. The molecule has 0 spiro atoms. The van der Waals surface area contributed by atoms with Crippen molar-refractivity contribution in [1.82, 2.24) is 19.9 Å². The standard InChI is InChI=1S/C15H22F2N4O3/c1-20-8-11(18-19-20)10-7-21(9-12(10)24-2)13(22)15(16,17)14(23)5-3-4-6-14/h8,10,12,23H,3-7,9H2,1-2H3/t10-,12+/m0/s1. The number of aryl methyl sites for hydroxylation is 1. The lowest BCUT2D eigenvalue weighted by Gasteiger charge is -2.33. The van der Waals surface area contributed by atoms with Crippen LogP contribution in [0.3, 0.4) is 0 Å². The fraction of sp³-hybridized carbons (Fsp3) is 0.800. The van der Waals surface area contributed by atoms with E-state index < -0.39 is 23.5 Å². The molecule has 1 aromatic rings. The molecule has 0 radical (unpaired) electrons. The molecule has 1 amide bonds. The van der Waals surface area contributed by atoms with E-state index in [-0.39, 0.29) is 31.8 Å². The maximum absolute atomic E-state index is 14.6. The van der Waals surface area contributed by atoms with Crippen molar-refractivity contribution in [1.29, 1.82) is 0 Å². The maximum atomic E-state index is 14.6. The Morgan fingerprint density at radius 2 is 2.08 bits per heavy atom. The summed E-state index contributed by atoms with van der Waals surface area (Å²) in [5.41, 5.74) is -1.64. The molecule has 9 heteroatoms. The Morgan fingerprint density at radius 1 is 1.42 bits per heavy atom. The topological polar surface area (TPSA) is 80.5 Å². The van der Waals surface area contributed by atoms with Crippen LogP contribution in [0.25, 0.3) is 0 Å². The first-order valence-electron chi connectivity index (χ1n) is 8.07. The summed E-state index contributed by atoms with van der Waals surface area (Å²) in [5.74, 6) is -5.44. The van der Waals surface area contributed by atoms with E-state index in [1.165, 1.54) is 11.8 Å². The van der Waals surface area contributed by atoms with Crippen molar-refractivity contribution >= 4 is 5.91 Å². The van der Waals surface area contributed by atoms with Crippen LogP contribution in [0.1, 0.15) is 37.3 Å². The highest BCUT2D eigenvalue weighted by molar-refractivity contribution is 5.85. The molecule has 2 heterocycles. The van der Waals surface area contributed by atoms with Gasteiger partial charge in [-0.05, 0) is 12.8 Å². The number of amides is 1. The summed E-state index contributed by atoms with van der Waals surface area (Å²) in [5, 5.41) is 18.0. The lowest BCUT2D eigenvalue weighted by molar-refractivity contribution is -0.199. The fourth-order valence-electron chi connectivity index (χ4n) is 3.67. The van der Waals surface area contributed by atoms with Gasteiger partial charge in [0.1, 0.15) is 5.60 Å². The molecule has 0 bridgehead atoms. The minimum Gasteiger partial charge on any atom is -0.383 e. The number of halogens is 2. The minimum atomic E-state index is -3.79. The first-order chi connectivity index (χ1) is 11.3. The van der Waals surface area contributed by atoms with Gasteiger partial charge in [-0.1, -0.05) is 18.1 Å². The number of hydrogen-bond donors (Lipinski definition) is 1. The summed E-state index contributed by atoms with van der Waals surface area (Å²) < 4.78 is 36.1. The van der Waals surface area contributed by atoms with Crippen molar-refractivity contribution in [3.05, 3.63) is 11.9 Å². The highest BCUT2D eigenvalue weighted by Crippen LogP contribution is 2.44. The quantitative estimate of drug-likeness (QED) is 0.870. The zero-order chi connectivity index (χ0) is 17.5. The Kier molecular flexibility index (Phi) is 4.33. The highest BCUT2D eigenvalue weighted by Gasteiger charge is 2.61. The molecular weight excluding hydrogens is 322 g/mol. The molecule has 1 saturated carbocycles. The molecule has 1 aliphatic heterocycles. The van der Waals surface area contributed by atoms with E-state index in [4.69, 9.17) is 4.74 Å². The zero-order valence-corrected chi connectivity index (χ0v) is 13.8. The van der Waals surface area contributed by atoms with Gasteiger partial charge in [0.15, 0.2) is 0 Å². The predicted octanol–water partition coefficient (Wildman–Crippen LogP) is 0.696. The number of likely N-dealkylation sites (tertiary alicyclic amines) is 1. The molecule has 3 rings (SSSR count). The van der Waals surface area contributed by atoms with Crippen molar-refractivity contribution in [3.63, 3.8) is 0 Å². The maximum Gasteiger partial charge on any atom is 0.352 e. The van der Waals surface area contributed by atoms with E-state index >= 15 is 0 Å². The molecule has 0 unspecified atom stereocenters. The van der Waals surface area contributed by atoms with Crippen LogP contribution in [0.4, 0.5) is 8.78 Å². The molecule has 1 aromatic heterocycles.